The van der Waals surface area contributed by atoms with Gasteiger partial charge in [-0.1, -0.05) is 38.1 Å². The maximum Gasteiger partial charge on any atom is 0.273 e. The number of fused-ring (bicyclic) bond motifs is 1. The van der Waals surface area contributed by atoms with E-state index >= 15 is 0 Å². The van der Waals surface area contributed by atoms with Crippen LogP contribution in [-0.4, -0.2) is 39.3 Å². The molecule has 41 heavy (non-hydrogen) atoms. The number of nitrogens with zero attached hydrogens (tertiary/aromatic N) is 2. The molecule has 0 aliphatic carbocycles. The Morgan fingerprint density at radius 3 is 2.49 bits per heavy atom. The van der Waals surface area contributed by atoms with Crippen LogP contribution in [-0.2, 0) is 6.54 Å². The largest absolute Gasteiger partial charge is 0.507 e. The van der Waals surface area contributed by atoms with E-state index in [-0.39, 0.29) is 24.0 Å². The number of hydrogen-bond acceptors (Lipinski definition) is 5. The second-order valence-electron chi connectivity index (χ2n) is 11.0. The Hall–Kier alpha value is -4.33. The predicted molar refractivity (Wildman–Crippen MR) is 156 cm³/mol. The van der Waals surface area contributed by atoms with Gasteiger partial charge in [0.15, 0.2) is 11.5 Å². The van der Waals surface area contributed by atoms with Crippen LogP contribution < -0.4 is 9.47 Å². The third-order valence-electron chi connectivity index (χ3n) is 7.36. The summed E-state index contributed by atoms with van der Waals surface area (Å²) in [5.74, 6) is 1.28. The fourth-order valence-electron chi connectivity index (χ4n) is 5.42. The number of benzene rings is 3. The first-order chi connectivity index (χ1) is 19.7. The van der Waals surface area contributed by atoms with Crippen molar-refractivity contribution in [2.45, 2.75) is 53.6 Å². The smallest absolute Gasteiger partial charge is 0.273 e. The molecule has 0 fully saturated rings. The summed E-state index contributed by atoms with van der Waals surface area (Å²) in [5.41, 5.74) is 5.51. The maximum atomic E-state index is 13.9. The van der Waals surface area contributed by atoms with E-state index in [1.54, 1.807) is 23.1 Å². The maximum absolute atomic E-state index is 13.9. The van der Waals surface area contributed by atoms with Crippen LogP contribution >= 0.6 is 0 Å². The molecule has 1 aliphatic rings. The highest BCUT2D eigenvalue weighted by Gasteiger charge is 2.43. The first-order valence-corrected chi connectivity index (χ1v) is 14.0. The van der Waals surface area contributed by atoms with Gasteiger partial charge in [0.25, 0.3) is 5.91 Å². The summed E-state index contributed by atoms with van der Waals surface area (Å²) in [6.07, 6.45) is 0.914. The number of H-pyrrole nitrogens is 1. The Morgan fingerprint density at radius 2 is 1.80 bits per heavy atom. The minimum atomic E-state index is -0.541. The first kappa shape index (κ1) is 28.2. The molecule has 0 spiro atoms. The fraction of sp³-hybridized carbons (Fsp3) is 0.333. The van der Waals surface area contributed by atoms with Crippen molar-refractivity contribution in [2.75, 3.05) is 13.2 Å². The molecule has 0 bridgehead atoms. The number of nitrogens with one attached hydrogen (secondary N) is 1. The van der Waals surface area contributed by atoms with Crippen molar-refractivity contribution >= 4 is 5.91 Å². The van der Waals surface area contributed by atoms with Crippen molar-refractivity contribution < 1.29 is 23.8 Å². The van der Waals surface area contributed by atoms with Crippen LogP contribution in [0.3, 0.4) is 0 Å². The normalized spacial score (nSPS) is 14.6. The van der Waals surface area contributed by atoms with Crippen LogP contribution in [0.5, 0.6) is 17.2 Å². The molecule has 0 radical (unpaired) electrons. The number of carbonyl (C=O) groups excluding carboxylic acids is 1. The number of aryl methyl sites for hydroxylation is 2. The third kappa shape index (κ3) is 5.64. The van der Waals surface area contributed by atoms with Gasteiger partial charge in [0.2, 0.25) is 0 Å². The van der Waals surface area contributed by atoms with Crippen molar-refractivity contribution in [1.82, 2.24) is 15.1 Å². The average Bonchev–Trinajstić information content (AvgIpc) is 3.44. The van der Waals surface area contributed by atoms with E-state index in [2.05, 4.69) is 24.0 Å². The van der Waals surface area contributed by atoms with Crippen molar-refractivity contribution in [2.24, 2.45) is 5.92 Å². The molecule has 1 aromatic heterocycles. The SMILES string of the molecule is CCOc1cc(C2c3c(-c4c(C)cc(C)cc4O)n[nH]c3C(=O)N2Cc2ccc(F)cc2)ccc1OCCC(C)C. The molecule has 3 aromatic carbocycles. The van der Waals surface area contributed by atoms with Crippen molar-refractivity contribution in [3.8, 4) is 28.5 Å². The van der Waals surface area contributed by atoms with Gasteiger partial charge in [0, 0.05) is 17.7 Å². The number of carbonyl (C=O) groups is 1. The van der Waals surface area contributed by atoms with Gasteiger partial charge < -0.3 is 19.5 Å². The van der Waals surface area contributed by atoms with Crippen LogP contribution in [0.2, 0.25) is 0 Å². The Labute approximate surface area is 239 Å². The van der Waals surface area contributed by atoms with E-state index in [0.29, 0.717) is 53.1 Å². The number of phenolic OH excluding ortho intramolecular Hbond substituents is 1. The Morgan fingerprint density at radius 1 is 1.05 bits per heavy atom. The Balaban J connectivity index is 1.63. The molecule has 1 amide bonds. The van der Waals surface area contributed by atoms with Crippen molar-refractivity contribution in [3.63, 3.8) is 0 Å². The van der Waals surface area contributed by atoms with E-state index in [0.717, 1.165) is 28.7 Å². The molecule has 2 heterocycles. The van der Waals surface area contributed by atoms with Gasteiger partial charge in [-0.3, -0.25) is 9.89 Å². The highest BCUT2D eigenvalue weighted by Crippen LogP contribution is 2.47. The standard InChI is InChI=1S/C33H36FN3O4/c1-6-40-27-17-23(9-12-26(27)41-14-13-19(2)3)32-29-30(28-21(5)15-20(4)16-25(28)38)35-36-31(29)33(39)37(32)18-22-7-10-24(34)11-8-22/h7-12,15-17,19,32,38H,6,13-14,18H2,1-5H3,(H,35,36). The predicted octanol–water partition coefficient (Wildman–Crippen LogP) is 7.11. The van der Waals surface area contributed by atoms with E-state index in [1.807, 2.05) is 45.0 Å². The monoisotopic (exact) mass is 557 g/mol. The Bertz CT molecular complexity index is 1540. The van der Waals surface area contributed by atoms with Gasteiger partial charge >= 0.3 is 0 Å². The molecule has 0 saturated carbocycles. The number of rotatable bonds is 10. The lowest BCUT2D eigenvalue weighted by atomic mass is 9.93. The quantitative estimate of drug-likeness (QED) is 0.217. The van der Waals surface area contributed by atoms with Gasteiger partial charge in [-0.15, -0.1) is 0 Å². The second-order valence-corrected chi connectivity index (χ2v) is 11.0. The molecule has 1 atom stereocenters. The second kappa shape index (κ2) is 11.6. The van der Waals surface area contributed by atoms with Crippen LogP contribution in [0, 0.1) is 25.6 Å². The number of amides is 1. The van der Waals surface area contributed by atoms with E-state index in [9.17, 15) is 14.3 Å². The fourth-order valence-corrected chi connectivity index (χ4v) is 5.42. The third-order valence-corrected chi connectivity index (χ3v) is 7.36. The van der Waals surface area contributed by atoms with Crippen molar-refractivity contribution in [3.05, 3.63) is 93.9 Å². The lowest BCUT2D eigenvalue weighted by Gasteiger charge is -2.27. The zero-order valence-corrected chi connectivity index (χ0v) is 24.1. The molecule has 0 saturated heterocycles. The summed E-state index contributed by atoms with van der Waals surface area (Å²) in [5, 5.41) is 18.5. The van der Waals surface area contributed by atoms with Gasteiger partial charge in [0.05, 0.1) is 19.3 Å². The van der Waals surface area contributed by atoms with Gasteiger partial charge in [-0.2, -0.15) is 5.10 Å². The zero-order valence-electron chi connectivity index (χ0n) is 24.1. The highest BCUT2D eigenvalue weighted by molar-refractivity contribution is 6.00. The molecule has 5 rings (SSSR count). The van der Waals surface area contributed by atoms with Crippen LogP contribution in [0.25, 0.3) is 11.3 Å². The number of phenols is 1. The number of hydrogen-bond donors (Lipinski definition) is 2. The van der Waals surface area contributed by atoms with Crippen LogP contribution in [0.4, 0.5) is 4.39 Å². The highest BCUT2D eigenvalue weighted by atomic mass is 19.1. The number of aromatic amines is 1. The lowest BCUT2D eigenvalue weighted by Crippen LogP contribution is -2.29. The number of aromatic nitrogens is 2. The summed E-state index contributed by atoms with van der Waals surface area (Å²) in [7, 11) is 0. The molecule has 2 N–H and O–H groups in total. The average molecular weight is 558 g/mol. The van der Waals surface area contributed by atoms with Gasteiger partial charge in [-0.25, -0.2) is 4.39 Å². The number of ether oxygens (including phenoxy) is 2. The summed E-state index contributed by atoms with van der Waals surface area (Å²) < 4.78 is 25.7. The molecule has 8 heteroatoms. The van der Waals surface area contributed by atoms with Crippen LogP contribution in [0.15, 0.2) is 54.6 Å². The number of aromatic hydroxyl groups is 1. The first-order valence-electron chi connectivity index (χ1n) is 14.0. The summed E-state index contributed by atoms with van der Waals surface area (Å²) in [6.45, 7) is 11.3. The molecule has 1 aliphatic heterocycles. The minimum Gasteiger partial charge on any atom is -0.507 e. The number of halogens is 1. The van der Waals surface area contributed by atoms with Crippen LogP contribution in [0.1, 0.15) is 71.5 Å². The Kier molecular flexibility index (Phi) is 8.01. The zero-order chi connectivity index (χ0) is 29.3. The molecule has 7 nitrogen and oxygen atoms in total. The van der Waals surface area contributed by atoms with Crippen molar-refractivity contribution in [1.29, 1.82) is 0 Å². The van der Waals surface area contributed by atoms with Gasteiger partial charge in [-0.05, 0) is 85.7 Å². The summed E-state index contributed by atoms with van der Waals surface area (Å²) >= 11 is 0. The lowest BCUT2D eigenvalue weighted by molar-refractivity contribution is 0.0729. The minimum absolute atomic E-state index is 0.101. The molecule has 1 unspecified atom stereocenters. The molecule has 214 valence electrons. The topological polar surface area (TPSA) is 87.7 Å². The molecule has 4 aromatic rings. The molecular weight excluding hydrogens is 521 g/mol. The van der Waals surface area contributed by atoms with E-state index in [1.165, 1.54) is 12.1 Å². The summed E-state index contributed by atoms with van der Waals surface area (Å²) in [6, 6.07) is 15.0. The molecular formula is C33H36FN3O4. The summed E-state index contributed by atoms with van der Waals surface area (Å²) in [4.78, 5) is 15.6. The van der Waals surface area contributed by atoms with E-state index < -0.39 is 6.04 Å². The van der Waals surface area contributed by atoms with Gasteiger partial charge in [0.1, 0.15) is 23.0 Å². The van der Waals surface area contributed by atoms with E-state index in [4.69, 9.17) is 9.47 Å².